The third-order valence-electron chi connectivity index (χ3n) is 4.55. The van der Waals surface area contributed by atoms with Crippen LogP contribution in [0, 0.1) is 5.82 Å². The molecule has 1 aliphatic rings. The molecule has 1 saturated heterocycles. The van der Waals surface area contributed by atoms with Crippen molar-refractivity contribution in [1.82, 2.24) is 15.5 Å². The third-order valence-corrected chi connectivity index (χ3v) is 4.55. The Labute approximate surface area is 153 Å². The Morgan fingerprint density at radius 2 is 1.77 bits per heavy atom. The number of carbonyl (C=O) groups is 3. The van der Waals surface area contributed by atoms with E-state index in [0.29, 0.717) is 25.8 Å². The molecule has 0 unspecified atom stereocenters. The lowest BCUT2D eigenvalue weighted by molar-refractivity contribution is -0.135. The monoisotopic (exact) mass is 363 g/mol. The second-order valence-corrected chi connectivity index (χ2v) is 6.63. The largest absolute Gasteiger partial charge is 0.354 e. The fraction of sp³-hybridized carbons (Fsp3) is 0.526. The van der Waals surface area contributed by atoms with E-state index in [9.17, 15) is 18.8 Å². The first-order valence-electron chi connectivity index (χ1n) is 9.07. The van der Waals surface area contributed by atoms with Crippen LogP contribution in [-0.2, 0) is 16.0 Å². The van der Waals surface area contributed by atoms with Crippen molar-refractivity contribution in [1.29, 1.82) is 0 Å². The Morgan fingerprint density at radius 1 is 1.15 bits per heavy atom. The minimum absolute atomic E-state index is 0.288. The van der Waals surface area contributed by atoms with Gasteiger partial charge in [-0.05, 0) is 37.0 Å². The molecule has 2 rings (SSSR count). The predicted octanol–water partition coefficient (Wildman–Crippen LogP) is 2.38. The summed E-state index contributed by atoms with van der Waals surface area (Å²) in [5, 5.41) is 5.48. The zero-order chi connectivity index (χ0) is 19.2. The lowest BCUT2D eigenvalue weighted by Crippen LogP contribution is -2.47. The fourth-order valence-corrected chi connectivity index (χ4v) is 3.33. The first-order valence-corrected chi connectivity index (χ1v) is 9.07. The Morgan fingerprint density at radius 3 is 2.35 bits per heavy atom. The summed E-state index contributed by atoms with van der Waals surface area (Å²) >= 11 is 0. The van der Waals surface area contributed by atoms with Crippen molar-refractivity contribution in [2.75, 3.05) is 13.1 Å². The molecule has 0 bridgehead atoms. The van der Waals surface area contributed by atoms with Gasteiger partial charge in [0.2, 0.25) is 5.91 Å². The number of urea groups is 1. The minimum atomic E-state index is -0.880. The molecule has 26 heavy (non-hydrogen) atoms. The fourth-order valence-electron chi connectivity index (χ4n) is 3.33. The van der Waals surface area contributed by atoms with Crippen molar-refractivity contribution < 1.29 is 18.8 Å². The lowest BCUT2D eigenvalue weighted by atomic mass is 9.88. The van der Waals surface area contributed by atoms with Gasteiger partial charge in [-0.15, -0.1) is 0 Å². The van der Waals surface area contributed by atoms with Crippen LogP contribution in [0.1, 0.15) is 45.1 Å². The van der Waals surface area contributed by atoms with E-state index < -0.39 is 11.6 Å². The van der Waals surface area contributed by atoms with Gasteiger partial charge in [0.1, 0.15) is 17.9 Å². The molecule has 7 heteroatoms. The van der Waals surface area contributed by atoms with Crippen molar-refractivity contribution in [2.24, 2.45) is 0 Å². The number of halogens is 1. The maximum atomic E-state index is 12.9. The Hall–Kier alpha value is -2.44. The summed E-state index contributed by atoms with van der Waals surface area (Å²) in [7, 11) is 0. The van der Waals surface area contributed by atoms with Crippen LogP contribution in [0.4, 0.5) is 9.18 Å². The van der Waals surface area contributed by atoms with E-state index in [2.05, 4.69) is 10.6 Å². The summed E-state index contributed by atoms with van der Waals surface area (Å²) in [5.74, 6) is -1.02. The molecule has 2 N–H and O–H groups in total. The van der Waals surface area contributed by atoms with E-state index in [1.165, 1.54) is 12.1 Å². The van der Waals surface area contributed by atoms with E-state index >= 15 is 0 Å². The topological polar surface area (TPSA) is 78.5 Å². The third kappa shape index (κ3) is 4.59. The van der Waals surface area contributed by atoms with Gasteiger partial charge < -0.3 is 10.6 Å². The highest BCUT2D eigenvalue weighted by atomic mass is 19.1. The molecule has 1 aromatic carbocycles. The maximum Gasteiger partial charge on any atom is 0.325 e. The van der Waals surface area contributed by atoms with Gasteiger partial charge in [-0.3, -0.25) is 14.5 Å². The first kappa shape index (κ1) is 19.9. The standard InChI is InChI=1S/C19H26FN3O3/c1-3-10-19(11-4-2)17(25)23(18(26)22-19)13-16(24)21-12-9-14-5-7-15(20)8-6-14/h5-8H,3-4,9-13H2,1-2H3,(H,21,24)(H,22,26). The molecule has 1 aromatic rings. The van der Waals surface area contributed by atoms with Gasteiger partial charge in [0, 0.05) is 6.54 Å². The number of imide groups is 1. The van der Waals surface area contributed by atoms with Crippen molar-refractivity contribution in [2.45, 2.75) is 51.5 Å². The van der Waals surface area contributed by atoms with Crippen LogP contribution < -0.4 is 10.6 Å². The molecule has 1 heterocycles. The first-order chi connectivity index (χ1) is 12.4. The summed E-state index contributed by atoms with van der Waals surface area (Å²) in [5.41, 5.74) is 0.0150. The van der Waals surface area contributed by atoms with E-state index in [4.69, 9.17) is 0 Å². The summed E-state index contributed by atoms with van der Waals surface area (Å²) in [6, 6.07) is 5.54. The summed E-state index contributed by atoms with van der Waals surface area (Å²) in [6.45, 7) is 3.98. The molecule has 0 aliphatic carbocycles. The van der Waals surface area contributed by atoms with Gasteiger partial charge in [-0.25, -0.2) is 9.18 Å². The molecule has 1 aliphatic heterocycles. The highest BCUT2D eigenvalue weighted by Crippen LogP contribution is 2.27. The van der Waals surface area contributed by atoms with Gasteiger partial charge in [0.15, 0.2) is 0 Å². The van der Waals surface area contributed by atoms with Crippen LogP contribution in [-0.4, -0.2) is 41.4 Å². The normalized spacial score (nSPS) is 15.9. The van der Waals surface area contributed by atoms with Crippen molar-refractivity contribution in [3.63, 3.8) is 0 Å². The van der Waals surface area contributed by atoms with Crippen LogP contribution in [0.25, 0.3) is 0 Å². The second-order valence-electron chi connectivity index (χ2n) is 6.63. The molecule has 4 amide bonds. The molecular formula is C19H26FN3O3. The van der Waals surface area contributed by atoms with Crippen molar-refractivity contribution in [3.8, 4) is 0 Å². The van der Waals surface area contributed by atoms with E-state index in [-0.39, 0.29) is 24.2 Å². The van der Waals surface area contributed by atoms with Crippen LogP contribution in [0.5, 0.6) is 0 Å². The molecule has 0 saturated carbocycles. The Bertz CT molecular complexity index is 654. The van der Waals surface area contributed by atoms with E-state index in [1.54, 1.807) is 12.1 Å². The molecule has 1 fully saturated rings. The molecule has 6 nitrogen and oxygen atoms in total. The quantitative estimate of drug-likeness (QED) is 0.661. The zero-order valence-corrected chi connectivity index (χ0v) is 15.3. The minimum Gasteiger partial charge on any atom is -0.354 e. The molecule has 0 radical (unpaired) electrons. The molecule has 0 spiro atoms. The zero-order valence-electron chi connectivity index (χ0n) is 15.3. The predicted molar refractivity (Wildman–Crippen MR) is 95.9 cm³/mol. The number of amides is 4. The molecule has 0 aromatic heterocycles. The SMILES string of the molecule is CCCC1(CCC)NC(=O)N(CC(=O)NCCc2ccc(F)cc2)C1=O. The summed E-state index contributed by atoms with van der Waals surface area (Å²) in [4.78, 5) is 38.0. The summed E-state index contributed by atoms with van der Waals surface area (Å²) < 4.78 is 12.9. The van der Waals surface area contributed by atoms with Crippen LogP contribution in [0.15, 0.2) is 24.3 Å². The Balaban J connectivity index is 1.88. The highest BCUT2D eigenvalue weighted by Gasteiger charge is 2.50. The van der Waals surface area contributed by atoms with Crippen molar-refractivity contribution in [3.05, 3.63) is 35.6 Å². The van der Waals surface area contributed by atoms with Gasteiger partial charge >= 0.3 is 6.03 Å². The molecular weight excluding hydrogens is 337 g/mol. The van der Waals surface area contributed by atoms with E-state index in [0.717, 1.165) is 23.3 Å². The molecule has 0 atom stereocenters. The number of nitrogens with zero attached hydrogens (tertiary/aromatic N) is 1. The summed E-state index contributed by atoms with van der Waals surface area (Å²) in [6.07, 6.45) is 3.21. The van der Waals surface area contributed by atoms with Crippen LogP contribution in [0.3, 0.4) is 0 Å². The number of carbonyl (C=O) groups excluding carboxylic acids is 3. The number of hydrogen-bond acceptors (Lipinski definition) is 3. The average Bonchev–Trinajstić information content (AvgIpc) is 2.82. The lowest BCUT2D eigenvalue weighted by Gasteiger charge is -2.25. The van der Waals surface area contributed by atoms with Gasteiger partial charge in [0.25, 0.3) is 5.91 Å². The van der Waals surface area contributed by atoms with Gasteiger partial charge in [0.05, 0.1) is 0 Å². The van der Waals surface area contributed by atoms with Crippen molar-refractivity contribution >= 4 is 17.8 Å². The Kier molecular flexibility index (Phi) is 6.71. The smallest absolute Gasteiger partial charge is 0.325 e. The number of hydrogen-bond donors (Lipinski definition) is 2. The van der Waals surface area contributed by atoms with E-state index in [1.807, 2.05) is 13.8 Å². The number of benzene rings is 1. The number of rotatable bonds is 9. The number of nitrogens with one attached hydrogen (secondary N) is 2. The average molecular weight is 363 g/mol. The maximum absolute atomic E-state index is 12.9. The van der Waals surface area contributed by atoms with Gasteiger partial charge in [-0.1, -0.05) is 38.8 Å². The second kappa shape index (κ2) is 8.78. The molecule has 142 valence electrons. The van der Waals surface area contributed by atoms with Crippen LogP contribution in [0.2, 0.25) is 0 Å². The highest BCUT2D eigenvalue weighted by molar-refractivity contribution is 6.09. The van der Waals surface area contributed by atoms with Gasteiger partial charge in [-0.2, -0.15) is 0 Å². The van der Waals surface area contributed by atoms with Crippen LogP contribution >= 0.6 is 0 Å².